The summed E-state index contributed by atoms with van der Waals surface area (Å²) in [5, 5.41) is 7.73. The lowest BCUT2D eigenvalue weighted by Crippen LogP contribution is -2.22. The van der Waals surface area contributed by atoms with Crippen LogP contribution in [0.25, 0.3) is 16.9 Å². The summed E-state index contributed by atoms with van der Waals surface area (Å²) >= 11 is 0. The van der Waals surface area contributed by atoms with Crippen molar-refractivity contribution in [2.45, 2.75) is 6.54 Å². The molecular formula is C22H18N4O. The molecule has 0 unspecified atom stereocenters. The average molecular weight is 354 g/mol. The topological polar surface area (TPSA) is 59.8 Å². The van der Waals surface area contributed by atoms with Gasteiger partial charge in [0.1, 0.15) is 0 Å². The van der Waals surface area contributed by atoms with Gasteiger partial charge in [-0.2, -0.15) is 5.10 Å². The minimum Gasteiger partial charge on any atom is -0.348 e. The molecule has 4 rings (SSSR count). The van der Waals surface area contributed by atoms with Gasteiger partial charge < -0.3 is 5.32 Å². The number of pyridine rings is 1. The number of nitrogens with one attached hydrogen (secondary N) is 1. The van der Waals surface area contributed by atoms with Crippen LogP contribution < -0.4 is 5.32 Å². The lowest BCUT2D eigenvalue weighted by Gasteiger charge is -2.05. The summed E-state index contributed by atoms with van der Waals surface area (Å²) in [4.78, 5) is 16.3. The van der Waals surface area contributed by atoms with Crippen molar-refractivity contribution >= 4 is 5.91 Å². The molecule has 0 aliphatic carbocycles. The van der Waals surface area contributed by atoms with E-state index in [1.165, 1.54) is 0 Å². The molecule has 5 nitrogen and oxygen atoms in total. The summed E-state index contributed by atoms with van der Waals surface area (Å²) in [5.41, 5.74) is 4.38. The molecule has 0 saturated carbocycles. The maximum Gasteiger partial charge on any atom is 0.251 e. The second-order valence-corrected chi connectivity index (χ2v) is 6.07. The first kappa shape index (κ1) is 16.7. The van der Waals surface area contributed by atoms with Gasteiger partial charge in [-0.15, -0.1) is 0 Å². The van der Waals surface area contributed by atoms with Crippen LogP contribution in [0.15, 0.2) is 91.4 Å². The quantitative estimate of drug-likeness (QED) is 0.592. The fourth-order valence-corrected chi connectivity index (χ4v) is 2.87. The summed E-state index contributed by atoms with van der Waals surface area (Å²) in [6.45, 7) is 0.387. The van der Waals surface area contributed by atoms with Crippen LogP contribution in [-0.4, -0.2) is 20.7 Å². The minimum absolute atomic E-state index is 0.135. The van der Waals surface area contributed by atoms with Crippen molar-refractivity contribution in [1.29, 1.82) is 0 Å². The van der Waals surface area contributed by atoms with E-state index in [2.05, 4.69) is 10.3 Å². The number of rotatable bonds is 5. The van der Waals surface area contributed by atoms with E-state index in [1.54, 1.807) is 24.5 Å². The number of aromatic nitrogens is 3. The highest BCUT2D eigenvalue weighted by atomic mass is 16.1. The Labute approximate surface area is 157 Å². The second kappa shape index (κ2) is 7.66. The van der Waals surface area contributed by atoms with Crippen molar-refractivity contribution in [1.82, 2.24) is 20.1 Å². The normalized spacial score (nSPS) is 10.5. The molecule has 4 aromatic rings. The highest BCUT2D eigenvalue weighted by Crippen LogP contribution is 2.23. The maximum atomic E-state index is 12.4. The largest absolute Gasteiger partial charge is 0.348 e. The van der Waals surface area contributed by atoms with Crippen LogP contribution >= 0.6 is 0 Å². The Balaban J connectivity index is 1.64. The van der Waals surface area contributed by atoms with Crippen molar-refractivity contribution in [3.05, 3.63) is 103 Å². The van der Waals surface area contributed by atoms with Gasteiger partial charge >= 0.3 is 0 Å². The molecule has 1 N–H and O–H groups in total. The third-order valence-corrected chi connectivity index (χ3v) is 4.24. The number of hydrogen-bond donors (Lipinski definition) is 1. The van der Waals surface area contributed by atoms with E-state index in [0.717, 1.165) is 22.5 Å². The number of benzene rings is 2. The lowest BCUT2D eigenvalue weighted by atomic mass is 10.1. The first-order valence-corrected chi connectivity index (χ1v) is 8.69. The van der Waals surface area contributed by atoms with E-state index in [9.17, 15) is 4.79 Å². The molecule has 1 amide bonds. The number of amides is 1. The highest BCUT2D eigenvalue weighted by molar-refractivity contribution is 5.94. The zero-order chi connectivity index (χ0) is 18.5. The first-order valence-electron chi connectivity index (χ1n) is 8.69. The van der Waals surface area contributed by atoms with Crippen molar-refractivity contribution in [3.63, 3.8) is 0 Å². The number of hydrogen-bond acceptors (Lipinski definition) is 3. The average Bonchev–Trinajstić information content (AvgIpc) is 3.18. The van der Waals surface area contributed by atoms with Crippen molar-refractivity contribution < 1.29 is 4.79 Å². The minimum atomic E-state index is -0.135. The third kappa shape index (κ3) is 3.77. The third-order valence-electron chi connectivity index (χ3n) is 4.24. The Bertz CT molecular complexity index is 1030. The molecule has 0 fully saturated rings. The fourth-order valence-electron chi connectivity index (χ4n) is 2.87. The Morgan fingerprint density at radius 2 is 1.56 bits per heavy atom. The van der Waals surface area contributed by atoms with Crippen LogP contribution in [0, 0.1) is 0 Å². The van der Waals surface area contributed by atoms with Crippen LogP contribution in [0.2, 0.25) is 0 Å². The van der Waals surface area contributed by atoms with Gasteiger partial charge in [0.25, 0.3) is 5.91 Å². The van der Waals surface area contributed by atoms with E-state index in [1.807, 2.05) is 71.5 Å². The molecule has 0 aliphatic heterocycles. The monoisotopic (exact) mass is 354 g/mol. The standard InChI is InChI=1S/C22H18N4O/c27-22(18-11-13-23-14-12-18)24-15-19-16-26(20-9-5-2-6-10-20)25-21(19)17-7-3-1-4-8-17/h1-14,16H,15H2,(H,24,27). The molecule has 132 valence electrons. The predicted octanol–water partition coefficient (Wildman–Crippen LogP) is 3.86. The van der Waals surface area contributed by atoms with Gasteiger partial charge in [0.05, 0.1) is 11.4 Å². The number of nitrogens with zero attached hydrogens (tertiary/aromatic N) is 3. The van der Waals surface area contributed by atoms with Crippen LogP contribution in [0.3, 0.4) is 0 Å². The summed E-state index contributed by atoms with van der Waals surface area (Å²) in [7, 11) is 0. The Kier molecular flexibility index (Phi) is 4.74. The van der Waals surface area contributed by atoms with Gasteiger partial charge in [0.15, 0.2) is 0 Å². The Morgan fingerprint density at radius 3 is 2.26 bits per heavy atom. The van der Waals surface area contributed by atoms with E-state index in [0.29, 0.717) is 12.1 Å². The molecule has 2 aromatic heterocycles. The molecule has 2 aromatic carbocycles. The fraction of sp³-hybridized carbons (Fsp3) is 0.0455. The summed E-state index contributed by atoms with van der Waals surface area (Å²) in [5.74, 6) is -0.135. The molecule has 5 heteroatoms. The van der Waals surface area contributed by atoms with Gasteiger partial charge in [-0.1, -0.05) is 48.5 Å². The smallest absolute Gasteiger partial charge is 0.251 e. The number of para-hydroxylation sites is 1. The van der Waals surface area contributed by atoms with Gasteiger partial charge in [0, 0.05) is 41.8 Å². The molecule has 0 radical (unpaired) electrons. The molecule has 0 bridgehead atoms. The summed E-state index contributed by atoms with van der Waals surface area (Å²) in [6.07, 6.45) is 5.18. The predicted molar refractivity (Wildman–Crippen MR) is 104 cm³/mol. The summed E-state index contributed by atoms with van der Waals surface area (Å²) < 4.78 is 1.84. The van der Waals surface area contributed by atoms with Crippen molar-refractivity contribution in [2.75, 3.05) is 0 Å². The maximum absolute atomic E-state index is 12.4. The van der Waals surface area contributed by atoms with Crippen LogP contribution in [0.4, 0.5) is 0 Å². The summed E-state index contributed by atoms with van der Waals surface area (Å²) in [6, 6.07) is 23.3. The first-order chi connectivity index (χ1) is 13.3. The van der Waals surface area contributed by atoms with Crippen molar-refractivity contribution in [2.24, 2.45) is 0 Å². The van der Waals surface area contributed by atoms with Gasteiger partial charge in [-0.25, -0.2) is 4.68 Å². The number of carbonyl (C=O) groups is 1. The van der Waals surface area contributed by atoms with Gasteiger partial charge in [-0.05, 0) is 24.3 Å². The van der Waals surface area contributed by atoms with E-state index >= 15 is 0 Å². The molecule has 0 spiro atoms. The molecule has 27 heavy (non-hydrogen) atoms. The number of carbonyl (C=O) groups excluding carboxylic acids is 1. The zero-order valence-corrected chi connectivity index (χ0v) is 14.6. The van der Waals surface area contributed by atoms with E-state index in [-0.39, 0.29) is 5.91 Å². The molecule has 0 atom stereocenters. The highest BCUT2D eigenvalue weighted by Gasteiger charge is 2.13. The van der Waals surface area contributed by atoms with E-state index < -0.39 is 0 Å². The Morgan fingerprint density at radius 1 is 0.889 bits per heavy atom. The zero-order valence-electron chi connectivity index (χ0n) is 14.6. The molecular weight excluding hydrogens is 336 g/mol. The van der Waals surface area contributed by atoms with Crippen LogP contribution in [0.1, 0.15) is 15.9 Å². The molecule has 2 heterocycles. The lowest BCUT2D eigenvalue weighted by molar-refractivity contribution is 0.0951. The van der Waals surface area contributed by atoms with Crippen LogP contribution in [0.5, 0.6) is 0 Å². The van der Waals surface area contributed by atoms with Gasteiger partial charge in [-0.3, -0.25) is 9.78 Å². The molecule has 0 aliphatic rings. The molecule has 0 saturated heterocycles. The second-order valence-electron chi connectivity index (χ2n) is 6.07. The van der Waals surface area contributed by atoms with Crippen molar-refractivity contribution in [3.8, 4) is 16.9 Å². The Hall–Kier alpha value is -3.73. The van der Waals surface area contributed by atoms with Crippen LogP contribution in [-0.2, 0) is 6.54 Å². The van der Waals surface area contributed by atoms with Gasteiger partial charge in [0.2, 0.25) is 0 Å². The van der Waals surface area contributed by atoms with E-state index in [4.69, 9.17) is 5.10 Å². The SMILES string of the molecule is O=C(NCc1cn(-c2ccccc2)nc1-c1ccccc1)c1ccncc1.